The molecule has 15 atom stereocenters. The van der Waals surface area contributed by atoms with E-state index in [2.05, 4.69) is 243 Å². The fraction of sp³-hybridized carbons (Fsp3) is 0.467. The molecule has 11 rings (SSSR count). The Kier molecular flexibility index (Phi) is 29.7. The lowest BCUT2D eigenvalue weighted by Crippen LogP contribution is -2.69. The molecule has 0 amide bonds. The molecule has 4 fully saturated rings. The zero-order valence-corrected chi connectivity index (χ0v) is 71.1. The van der Waals surface area contributed by atoms with Crippen molar-refractivity contribution in [3.8, 4) is 5.75 Å². The predicted molar refractivity (Wildman–Crippen MR) is 448 cm³/mol. The van der Waals surface area contributed by atoms with Gasteiger partial charge in [-0.05, 0) is 117 Å². The number of rotatable bonds is 33. The molecule has 6 heterocycles. The van der Waals surface area contributed by atoms with E-state index < -0.39 is 40.7 Å². The number of carbonyl (C=O) groups excluding carboxylic acids is 1. The van der Waals surface area contributed by atoms with Crippen molar-refractivity contribution in [3.63, 3.8) is 0 Å². The summed E-state index contributed by atoms with van der Waals surface area (Å²) < 4.78 is 88.4. The first kappa shape index (κ1) is 84.8. The highest BCUT2D eigenvalue weighted by molar-refractivity contribution is 9.11. The minimum atomic E-state index is -3.18. The van der Waals surface area contributed by atoms with Gasteiger partial charge < -0.3 is 65.1 Å². The number of hydrogen-bond acceptors (Lipinski definition) is 16. The molecule has 4 aliphatic rings. The van der Waals surface area contributed by atoms with Crippen LogP contribution in [0.5, 0.6) is 5.75 Å². The number of allylic oxidation sites excluding steroid dienone is 2. The molecule has 2 aromatic heterocycles. The molecule has 0 bridgehead atoms. The molecule has 0 aliphatic carbocycles. The van der Waals surface area contributed by atoms with E-state index in [0.717, 1.165) is 44.7 Å². The lowest BCUT2D eigenvalue weighted by molar-refractivity contribution is -0.297. The SMILES string of the molecule is C=C1C[C@H](C[C@@H]2C[C@H](O[Si](c3ccccc3)(c3ccccc3)C(C)(C)C)C[C@H](c3coc(/C=C/C[C@H]4O[C@@H](/C(C)=C/c5coc(C[C@]6(OC)C[C@H](OC)C[C@H]([C@@H](/C=C(C)/C=C/[C@@H](C/C=C/Br)OC)O[Si](c7ccccc7)(c7ccccc7)C(C)(C)C)O6)n5)[C@H](C)[C@@H](OCc5ccc(OC)cc5)[C@H]4C)n3)O2)O[C@@H](CC=O)C1. The number of oxazole rings is 2. The van der Waals surface area contributed by atoms with Crippen molar-refractivity contribution in [2.45, 2.75) is 236 Å². The van der Waals surface area contributed by atoms with E-state index in [1.54, 1.807) is 41.0 Å². The molecular weight excluding hydrogens is 1490 g/mol. The summed E-state index contributed by atoms with van der Waals surface area (Å²) in [7, 11) is 0.667. The molecule has 0 unspecified atom stereocenters. The highest BCUT2D eigenvalue weighted by atomic mass is 79.9. The van der Waals surface area contributed by atoms with Crippen LogP contribution in [0.4, 0.5) is 0 Å². The van der Waals surface area contributed by atoms with Crippen molar-refractivity contribution in [1.29, 1.82) is 0 Å². The van der Waals surface area contributed by atoms with Gasteiger partial charge in [-0.25, -0.2) is 9.97 Å². The van der Waals surface area contributed by atoms with Crippen LogP contribution in [-0.4, -0.2) is 134 Å². The molecular formula is C92H117BrN2O14Si2. The quantitative estimate of drug-likeness (QED) is 0.0165. The minimum Gasteiger partial charge on any atom is -0.497 e. The van der Waals surface area contributed by atoms with Crippen molar-refractivity contribution in [2.24, 2.45) is 11.8 Å². The van der Waals surface area contributed by atoms with E-state index in [0.29, 0.717) is 94.0 Å². The van der Waals surface area contributed by atoms with Crippen LogP contribution in [0.25, 0.3) is 12.2 Å². The Labute approximate surface area is 669 Å². The number of carbonyl (C=O) groups is 1. The van der Waals surface area contributed by atoms with Gasteiger partial charge in [-0.3, -0.25) is 0 Å². The third-order valence-electron chi connectivity index (χ3n) is 22.7. The molecule has 594 valence electrons. The molecule has 4 aliphatic heterocycles. The molecule has 0 radical (unpaired) electrons. The maximum absolute atomic E-state index is 11.8. The molecule has 111 heavy (non-hydrogen) atoms. The predicted octanol–water partition coefficient (Wildman–Crippen LogP) is 17.9. The molecule has 5 aromatic carbocycles. The van der Waals surface area contributed by atoms with Gasteiger partial charge in [0.2, 0.25) is 5.89 Å². The van der Waals surface area contributed by atoms with Crippen LogP contribution >= 0.6 is 15.9 Å². The summed E-state index contributed by atoms with van der Waals surface area (Å²) in [5, 5.41) is 4.16. The Morgan fingerprint density at radius 2 is 1.33 bits per heavy atom. The van der Waals surface area contributed by atoms with Gasteiger partial charge in [0, 0.05) is 65.3 Å². The van der Waals surface area contributed by atoms with Crippen molar-refractivity contribution in [3.05, 3.63) is 246 Å². The average Bonchev–Trinajstić information content (AvgIpc) is 1.01. The van der Waals surface area contributed by atoms with Gasteiger partial charge in [-0.1, -0.05) is 253 Å². The Balaban J connectivity index is 0.851. The first-order valence-corrected chi connectivity index (χ1v) is 44.2. The van der Waals surface area contributed by atoms with Gasteiger partial charge in [0.15, 0.2) is 11.7 Å². The second kappa shape index (κ2) is 38.9. The standard InChI is InChI=1S/C92H117BrN2O14Si2/c1-63(41-44-70(97-12)30-29-48-93)52-85(109-111(91(9,10)11,79-35-24-18-25-36-79)80-37-26-19-27-38-80)84-57-76(99-14)58-92(100-15,107-84)59-87-94-69(61-101-87)53-65(3)88-67(5)89(103-60-68-42-45-71(98-13)46-43-68)66(4)82(106-88)39-28-40-86-95-81(62-102-86)83-56-75(55-74(105-83)54-73-51-64(2)50-72(104-73)47-49-96)108-110(90(6,7)8,77-31-20-16-21-32-77)78-33-22-17-23-34-78/h16-29,31-38,40-46,48-49,52-53,61-62,66-67,70,72-76,82-85,88-89H,2,30,39,47,50-51,54-60H2,1,3-15H3/b40-28+,44-41+,48-29+,63-52+,65-53+/t66-,67-,70+,72-,73+,74+,75-,76+,82+,83+,84+,85+,88-,89-,92-/m0/s1. The third-order valence-corrected chi connectivity index (χ3v) is 33.2. The monoisotopic (exact) mass is 1610 g/mol. The van der Waals surface area contributed by atoms with Crippen LogP contribution < -0.4 is 25.5 Å². The Morgan fingerprint density at radius 3 is 1.92 bits per heavy atom. The van der Waals surface area contributed by atoms with Gasteiger partial charge in [-0.15, -0.1) is 0 Å². The van der Waals surface area contributed by atoms with E-state index in [4.69, 9.17) is 70.3 Å². The maximum atomic E-state index is 11.8. The van der Waals surface area contributed by atoms with Crippen LogP contribution in [0.3, 0.4) is 0 Å². The first-order chi connectivity index (χ1) is 53.4. The molecule has 0 spiro atoms. The Hall–Kier alpha value is -7.06. The van der Waals surface area contributed by atoms with Crippen LogP contribution in [0.2, 0.25) is 10.1 Å². The molecule has 19 heteroatoms. The highest BCUT2D eigenvalue weighted by Gasteiger charge is 2.56. The smallest absolute Gasteiger partial charge is 0.262 e. The van der Waals surface area contributed by atoms with Crippen LogP contribution in [0, 0.1) is 11.8 Å². The highest BCUT2D eigenvalue weighted by Crippen LogP contribution is 2.46. The molecule has 0 N–H and O–H groups in total. The maximum Gasteiger partial charge on any atom is 0.262 e. The van der Waals surface area contributed by atoms with Gasteiger partial charge in [0.05, 0.1) is 87.3 Å². The number of methoxy groups -OCH3 is 4. The summed E-state index contributed by atoms with van der Waals surface area (Å²) in [6.45, 7) is 27.2. The van der Waals surface area contributed by atoms with E-state index in [-0.39, 0.29) is 83.3 Å². The first-order valence-electron chi connectivity index (χ1n) is 39.5. The average molecular weight is 1610 g/mol. The van der Waals surface area contributed by atoms with Gasteiger partial charge in [0.25, 0.3) is 16.6 Å². The summed E-state index contributed by atoms with van der Waals surface area (Å²) >= 11 is 3.42. The molecule has 7 aromatic rings. The number of hydrogen-bond donors (Lipinski definition) is 0. The van der Waals surface area contributed by atoms with Crippen molar-refractivity contribution in [1.82, 2.24) is 9.97 Å². The summed E-state index contributed by atoms with van der Waals surface area (Å²) in [5.41, 5.74) is 5.41. The number of benzene rings is 5. The lowest BCUT2D eigenvalue weighted by atomic mass is 9.79. The summed E-state index contributed by atoms with van der Waals surface area (Å²) in [4.78, 5) is 23.9. The lowest BCUT2D eigenvalue weighted by Gasteiger charge is -2.49. The minimum absolute atomic E-state index is 0.0234. The van der Waals surface area contributed by atoms with E-state index in [1.165, 1.54) is 10.4 Å². The Bertz CT molecular complexity index is 4150. The second-order valence-electron chi connectivity index (χ2n) is 32.7. The number of aldehydes is 1. The molecule has 16 nitrogen and oxygen atoms in total. The molecule has 4 saturated heterocycles. The normalized spacial score (nSPS) is 26.1. The van der Waals surface area contributed by atoms with Gasteiger partial charge >= 0.3 is 0 Å². The van der Waals surface area contributed by atoms with E-state index in [1.807, 2.05) is 41.4 Å². The summed E-state index contributed by atoms with van der Waals surface area (Å²) in [6.07, 6.45) is 21.2. The topological polar surface area (TPSA) is 171 Å². The second-order valence-corrected chi connectivity index (χ2v) is 41.7. The number of nitrogens with zero attached hydrogens (tertiary/aromatic N) is 2. The fourth-order valence-electron chi connectivity index (χ4n) is 17.2. The van der Waals surface area contributed by atoms with Crippen LogP contribution in [0.1, 0.15) is 168 Å². The molecule has 0 saturated carbocycles. The van der Waals surface area contributed by atoms with Crippen molar-refractivity contribution < 1.29 is 65.1 Å². The Morgan fingerprint density at radius 1 is 0.703 bits per heavy atom. The largest absolute Gasteiger partial charge is 0.497 e. The third kappa shape index (κ3) is 20.9. The summed E-state index contributed by atoms with van der Waals surface area (Å²) in [5.74, 6) is 0.373. The fourth-order valence-corrected chi connectivity index (χ4v) is 26.7. The zero-order chi connectivity index (χ0) is 78.9. The zero-order valence-electron chi connectivity index (χ0n) is 67.5. The van der Waals surface area contributed by atoms with E-state index in [9.17, 15) is 4.79 Å². The van der Waals surface area contributed by atoms with E-state index >= 15 is 0 Å². The van der Waals surface area contributed by atoms with Crippen LogP contribution in [0.15, 0.2) is 226 Å². The van der Waals surface area contributed by atoms with Crippen LogP contribution in [-0.2, 0) is 64.6 Å². The number of aromatic nitrogens is 2. The van der Waals surface area contributed by atoms with Crippen molar-refractivity contribution in [2.75, 3.05) is 28.4 Å². The summed E-state index contributed by atoms with van der Waals surface area (Å²) in [6, 6.07) is 51.0. The van der Waals surface area contributed by atoms with Crippen molar-refractivity contribution >= 4 is 71.7 Å². The number of ether oxygens (including phenoxy) is 9. The van der Waals surface area contributed by atoms with Gasteiger partial charge in [0.1, 0.15) is 42.1 Å². The number of halogens is 1. The van der Waals surface area contributed by atoms with Gasteiger partial charge in [-0.2, -0.15) is 0 Å².